The van der Waals surface area contributed by atoms with E-state index in [1.165, 1.54) is 16.3 Å². The molecule has 108 valence electrons. The Morgan fingerprint density at radius 2 is 1.81 bits per heavy atom. The minimum atomic E-state index is 0.0498. The number of fused-ring (bicyclic) bond motifs is 1. The number of benzene rings is 2. The van der Waals surface area contributed by atoms with Crippen molar-refractivity contribution in [1.82, 2.24) is 0 Å². The van der Waals surface area contributed by atoms with Crippen molar-refractivity contribution in [3.05, 3.63) is 60.2 Å². The Morgan fingerprint density at radius 1 is 1.05 bits per heavy atom. The Labute approximate surface area is 127 Å². The van der Waals surface area contributed by atoms with E-state index in [0.717, 1.165) is 0 Å². The van der Waals surface area contributed by atoms with Crippen LogP contribution in [0.3, 0.4) is 0 Å². The molecule has 0 aliphatic rings. The van der Waals surface area contributed by atoms with Gasteiger partial charge >= 0.3 is 0 Å². The van der Waals surface area contributed by atoms with Gasteiger partial charge in [0.15, 0.2) is 0 Å². The lowest BCUT2D eigenvalue weighted by molar-refractivity contribution is 0.149. The molecule has 0 saturated heterocycles. The normalized spacial score (nSPS) is 11.6. The van der Waals surface area contributed by atoms with Crippen molar-refractivity contribution in [1.29, 1.82) is 0 Å². The van der Waals surface area contributed by atoms with Crippen LogP contribution in [-0.2, 0) is 11.3 Å². The quantitative estimate of drug-likeness (QED) is 0.567. The van der Waals surface area contributed by atoms with Gasteiger partial charge in [0, 0.05) is 5.41 Å². The third-order valence-electron chi connectivity index (χ3n) is 3.00. The van der Waals surface area contributed by atoms with Crippen LogP contribution in [0.4, 0.5) is 0 Å². The maximum Gasteiger partial charge on any atom is 0.0727 e. The first-order valence-electron chi connectivity index (χ1n) is 7.28. The van der Waals surface area contributed by atoms with Crippen LogP contribution in [-0.4, -0.2) is 6.61 Å². The van der Waals surface area contributed by atoms with E-state index < -0.39 is 0 Å². The molecule has 0 radical (unpaired) electrons. The summed E-state index contributed by atoms with van der Waals surface area (Å²) >= 11 is 0. The monoisotopic (exact) mass is 278 g/mol. The molecule has 0 heterocycles. The second-order valence-corrected chi connectivity index (χ2v) is 6.08. The van der Waals surface area contributed by atoms with Crippen LogP contribution in [0.5, 0.6) is 0 Å². The molecule has 1 heteroatoms. The van der Waals surface area contributed by atoms with E-state index in [4.69, 9.17) is 4.74 Å². The van der Waals surface area contributed by atoms with Crippen LogP contribution >= 0.6 is 0 Å². The molecule has 0 spiro atoms. The minimum absolute atomic E-state index is 0.0498. The van der Waals surface area contributed by atoms with Gasteiger partial charge in [0.25, 0.3) is 0 Å². The molecule has 0 bridgehead atoms. The molecular weight excluding hydrogens is 256 g/mol. The average molecular weight is 278 g/mol. The summed E-state index contributed by atoms with van der Waals surface area (Å²) in [5.74, 6) is 6.21. The molecule has 0 aliphatic heterocycles. The van der Waals surface area contributed by atoms with Crippen molar-refractivity contribution in [2.24, 2.45) is 5.41 Å². The Morgan fingerprint density at radius 3 is 2.62 bits per heavy atom. The number of allylic oxidation sites excluding steroid dienone is 1. The minimum Gasteiger partial charge on any atom is -0.373 e. The highest BCUT2D eigenvalue weighted by Gasteiger charge is 2.02. The lowest BCUT2D eigenvalue weighted by Gasteiger charge is -2.06. The Kier molecular flexibility index (Phi) is 5.20. The van der Waals surface area contributed by atoms with Gasteiger partial charge in [-0.05, 0) is 43.2 Å². The summed E-state index contributed by atoms with van der Waals surface area (Å²) in [7, 11) is 0. The topological polar surface area (TPSA) is 9.23 Å². The zero-order valence-electron chi connectivity index (χ0n) is 13.0. The summed E-state index contributed by atoms with van der Waals surface area (Å²) in [6.45, 7) is 7.51. The number of rotatable bonds is 4. The van der Waals surface area contributed by atoms with Crippen LogP contribution < -0.4 is 0 Å². The maximum atomic E-state index is 5.71. The second kappa shape index (κ2) is 7.11. The molecule has 0 atom stereocenters. The van der Waals surface area contributed by atoms with E-state index in [1.807, 2.05) is 12.2 Å². The van der Waals surface area contributed by atoms with E-state index in [-0.39, 0.29) is 5.41 Å². The first-order valence-corrected chi connectivity index (χ1v) is 7.28. The second-order valence-electron chi connectivity index (χ2n) is 6.08. The van der Waals surface area contributed by atoms with Crippen LogP contribution in [0, 0.1) is 17.3 Å². The summed E-state index contributed by atoms with van der Waals surface area (Å²) in [5.41, 5.74) is 1.27. The fraction of sp³-hybridized carbons (Fsp3) is 0.300. The highest BCUT2D eigenvalue weighted by molar-refractivity contribution is 5.85. The van der Waals surface area contributed by atoms with Crippen molar-refractivity contribution < 1.29 is 4.74 Å². The van der Waals surface area contributed by atoms with Crippen LogP contribution in [0.25, 0.3) is 10.8 Å². The number of ether oxygens (including phenoxy) is 1. The molecule has 0 aliphatic carbocycles. The SMILES string of the molecule is CC(C)(C)C#C/C=C/COCc1cccc2ccccc12. The molecule has 0 unspecified atom stereocenters. The van der Waals surface area contributed by atoms with Crippen molar-refractivity contribution in [3.63, 3.8) is 0 Å². The molecular formula is C20H22O. The fourth-order valence-corrected chi connectivity index (χ4v) is 2.02. The predicted octanol–water partition coefficient (Wildman–Crippen LogP) is 4.96. The van der Waals surface area contributed by atoms with Gasteiger partial charge < -0.3 is 4.74 Å². The van der Waals surface area contributed by atoms with Gasteiger partial charge in [0.2, 0.25) is 0 Å². The van der Waals surface area contributed by atoms with Gasteiger partial charge in [-0.25, -0.2) is 0 Å². The molecule has 2 aromatic rings. The average Bonchev–Trinajstić information content (AvgIpc) is 2.45. The molecule has 0 aromatic heterocycles. The zero-order chi connectivity index (χ0) is 15.1. The molecule has 0 saturated carbocycles. The fourth-order valence-electron chi connectivity index (χ4n) is 2.02. The van der Waals surface area contributed by atoms with Gasteiger partial charge in [0.1, 0.15) is 0 Å². The number of hydrogen-bond acceptors (Lipinski definition) is 1. The molecule has 0 fully saturated rings. The van der Waals surface area contributed by atoms with E-state index in [0.29, 0.717) is 13.2 Å². The van der Waals surface area contributed by atoms with Crippen molar-refractivity contribution in [2.45, 2.75) is 27.4 Å². The lowest BCUT2D eigenvalue weighted by atomic mass is 9.98. The smallest absolute Gasteiger partial charge is 0.0727 e. The van der Waals surface area contributed by atoms with E-state index in [2.05, 4.69) is 75.1 Å². The maximum absolute atomic E-state index is 5.71. The van der Waals surface area contributed by atoms with Gasteiger partial charge in [-0.1, -0.05) is 60.4 Å². The Hall–Kier alpha value is -2.04. The highest BCUT2D eigenvalue weighted by Crippen LogP contribution is 2.19. The van der Waals surface area contributed by atoms with Crippen molar-refractivity contribution in [3.8, 4) is 11.8 Å². The molecule has 1 nitrogen and oxygen atoms in total. The van der Waals surface area contributed by atoms with Gasteiger partial charge in [-0.15, -0.1) is 0 Å². The molecule has 2 aromatic carbocycles. The van der Waals surface area contributed by atoms with E-state index in [9.17, 15) is 0 Å². The van der Waals surface area contributed by atoms with E-state index >= 15 is 0 Å². The van der Waals surface area contributed by atoms with Crippen LogP contribution in [0.15, 0.2) is 54.6 Å². The Balaban J connectivity index is 1.88. The molecule has 2 rings (SSSR count). The summed E-state index contributed by atoms with van der Waals surface area (Å²) < 4.78 is 5.71. The third kappa shape index (κ3) is 5.10. The van der Waals surface area contributed by atoms with Gasteiger partial charge in [-0.2, -0.15) is 0 Å². The van der Waals surface area contributed by atoms with Crippen molar-refractivity contribution >= 4 is 10.8 Å². The zero-order valence-corrected chi connectivity index (χ0v) is 13.0. The lowest BCUT2D eigenvalue weighted by Crippen LogP contribution is -1.98. The van der Waals surface area contributed by atoms with Gasteiger partial charge in [-0.3, -0.25) is 0 Å². The third-order valence-corrected chi connectivity index (χ3v) is 3.00. The molecule has 0 N–H and O–H groups in total. The largest absolute Gasteiger partial charge is 0.373 e. The number of hydrogen-bond donors (Lipinski definition) is 0. The van der Waals surface area contributed by atoms with Gasteiger partial charge in [0.05, 0.1) is 13.2 Å². The summed E-state index contributed by atoms with van der Waals surface area (Å²) in [5, 5.41) is 2.52. The standard InChI is InChI=1S/C20H22O/c1-20(2,3)14-7-4-8-15-21-16-18-12-9-11-17-10-5-6-13-19(17)18/h4-6,8-13H,15-16H2,1-3H3/b8-4+. The molecule has 0 amide bonds. The summed E-state index contributed by atoms with van der Waals surface area (Å²) in [6, 6.07) is 14.7. The van der Waals surface area contributed by atoms with Crippen molar-refractivity contribution in [2.75, 3.05) is 6.61 Å². The first-order chi connectivity index (χ1) is 10.1. The van der Waals surface area contributed by atoms with Crippen LogP contribution in [0.1, 0.15) is 26.3 Å². The Bertz CT molecular complexity index is 673. The predicted molar refractivity (Wildman–Crippen MR) is 90.0 cm³/mol. The summed E-state index contributed by atoms with van der Waals surface area (Å²) in [6.07, 6.45) is 3.83. The van der Waals surface area contributed by atoms with E-state index in [1.54, 1.807) is 0 Å². The molecule has 21 heavy (non-hydrogen) atoms. The van der Waals surface area contributed by atoms with Crippen LogP contribution in [0.2, 0.25) is 0 Å². The first kappa shape index (κ1) is 15.4. The highest BCUT2D eigenvalue weighted by atomic mass is 16.5. The summed E-state index contributed by atoms with van der Waals surface area (Å²) in [4.78, 5) is 0.